The van der Waals surface area contributed by atoms with Gasteiger partial charge in [0.1, 0.15) is 0 Å². The molecule has 0 aromatic heterocycles. The third kappa shape index (κ3) is 3.53. The fourth-order valence-electron chi connectivity index (χ4n) is 2.82. The molecular weight excluding hydrogens is 264 g/mol. The van der Waals surface area contributed by atoms with E-state index in [0.717, 1.165) is 17.5 Å². The van der Waals surface area contributed by atoms with Gasteiger partial charge in [-0.05, 0) is 30.9 Å². The Morgan fingerprint density at radius 3 is 2.61 bits per heavy atom. The largest absolute Gasteiger partial charge is 0.302 e. The van der Waals surface area contributed by atoms with E-state index in [1.165, 1.54) is 32.1 Å². The minimum atomic E-state index is -3.27. The first kappa shape index (κ1) is 14.0. The maximum atomic E-state index is 11.7. The summed E-state index contributed by atoms with van der Waals surface area (Å²) in [5.41, 5.74) is 2.10. The molecule has 1 aliphatic rings. The highest BCUT2D eigenvalue weighted by Gasteiger charge is 2.18. The van der Waals surface area contributed by atoms with Crippen LogP contribution >= 0.6 is 0 Å². The molecule has 18 heavy (non-hydrogen) atoms. The zero-order chi connectivity index (χ0) is 13.2. The van der Waals surface area contributed by atoms with Gasteiger partial charge in [0.15, 0.2) is 8.77 Å². The van der Waals surface area contributed by atoms with Gasteiger partial charge in [-0.3, -0.25) is 0 Å². The van der Waals surface area contributed by atoms with E-state index < -0.39 is 8.77 Å². The molecular formula is C14H20O2S2. The summed E-state index contributed by atoms with van der Waals surface area (Å²) in [7, 11) is -3.27. The van der Waals surface area contributed by atoms with Gasteiger partial charge in [-0.15, -0.1) is 0 Å². The molecule has 1 unspecified atom stereocenters. The molecule has 0 radical (unpaired) electrons. The van der Waals surface area contributed by atoms with Crippen molar-refractivity contribution in [2.45, 2.75) is 50.3 Å². The Kier molecular flexibility index (Phi) is 4.41. The average molecular weight is 284 g/mol. The molecule has 4 heteroatoms. The van der Waals surface area contributed by atoms with Crippen molar-refractivity contribution < 1.29 is 8.76 Å². The minimum absolute atomic E-state index is 0.452. The van der Waals surface area contributed by atoms with Crippen LogP contribution < -0.4 is 0 Å². The molecule has 0 saturated heterocycles. The second-order valence-corrected chi connectivity index (χ2v) is 8.04. The predicted molar refractivity (Wildman–Crippen MR) is 77.9 cm³/mol. The van der Waals surface area contributed by atoms with Crippen molar-refractivity contribution in [3.05, 3.63) is 29.3 Å². The SMILES string of the molecule is Cc1ccc(S(=O)(O)=S)c(CC2CCCCC2)c1. The monoisotopic (exact) mass is 284 g/mol. The number of hydrogen-bond acceptors (Lipinski definition) is 2. The fourth-order valence-corrected chi connectivity index (χ4v) is 4.02. The van der Waals surface area contributed by atoms with Crippen molar-refractivity contribution in [1.29, 1.82) is 0 Å². The third-order valence-electron chi connectivity index (χ3n) is 3.73. The van der Waals surface area contributed by atoms with Crippen LogP contribution in [0, 0.1) is 12.8 Å². The fraction of sp³-hybridized carbons (Fsp3) is 0.571. The number of hydrogen-bond donors (Lipinski definition) is 1. The van der Waals surface area contributed by atoms with Crippen LogP contribution in [0.2, 0.25) is 0 Å². The van der Waals surface area contributed by atoms with Crippen LogP contribution in [-0.4, -0.2) is 8.76 Å². The van der Waals surface area contributed by atoms with Crippen LogP contribution in [0.25, 0.3) is 0 Å². The molecule has 1 saturated carbocycles. The lowest BCUT2D eigenvalue weighted by molar-refractivity contribution is 0.355. The first-order valence-corrected chi connectivity index (χ1v) is 8.98. The standard InChI is InChI=1S/C14H20O2S2/c1-11-7-8-14(18(15,16)17)13(9-11)10-12-5-3-2-4-6-12/h7-9,12H,2-6,10H2,1H3,(H,15,16,17). The molecule has 1 N–H and O–H groups in total. The summed E-state index contributed by atoms with van der Waals surface area (Å²) >= 11 is 4.73. The second kappa shape index (κ2) is 5.68. The van der Waals surface area contributed by atoms with Gasteiger partial charge in [0.05, 0.1) is 4.90 Å². The van der Waals surface area contributed by atoms with E-state index in [1.807, 2.05) is 19.1 Å². The molecule has 0 spiro atoms. The van der Waals surface area contributed by atoms with Gasteiger partial charge in [-0.1, -0.05) is 49.8 Å². The van der Waals surface area contributed by atoms with Crippen LogP contribution in [0.15, 0.2) is 23.1 Å². The highest BCUT2D eigenvalue weighted by atomic mass is 32.8. The Morgan fingerprint density at radius 2 is 2.00 bits per heavy atom. The van der Waals surface area contributed by atoms with E-state index in [9.17, 15) is 8.76 Å². The highest BCUT2D eigenvalue weighted by molar-refractivity contribution is 8.29. The molecule has 2 nitrogen and oxygen atoms in total. The van der Waals surface area contributed by atoms with Crippen molar-refractivity contribution in [1.82, 2.24) is 0 Å². The Labute approximate surface area is 114 Å². The van der Waals surface area contributed by atoms with Gasteiger partial charge in [0.2, 0.25) is 0 Å². The summed E-state index contributed by atoms with van der Waals surface area (Å²) in [6, 6.07) is 5.61. The Bertz CT molecular complexity index is 515. The molecule has 1 atom stereocenters. The first-order chi connectivity index (χ1) is 8.47. The van der Waals surface area contributed by atoms with Crippen molar-refractivity contribution in [2.24, 2.45) is 5.92 Å². The number of benzene rings is 1. The van der Waals surface area contributed by atoms with E-state index in [0.29, 0.717) is 10.8 Å². The van der Waals surface area contributed by atoms with E-state index in [1.54, 1.807) is 6.07 Å². The second-order valence-electron chi connectivity index (χ2n) is 5.29. The molecule has 100 valence electrons. The van der Waals surface area contributed by atoms with Crippen LogP contribution in [0.4, 0.5) is 0 Å². The van der Waals surface area contributed by atoms with Crippen molar-refractivity contribution in [2.75, 3.05) is 0 Å². The maximum Gasteiger partial charge on any atom is 0.171 e. The minimum Gasteiger partial charge on any atom is -0.302 e. The molecule has 0 heterocycles. The summed E-state index contributed by atoms with van der Waals surface area (Å²) in [6.45, 7) is 2.01. The number of rotatable bonds is 3. The van der Waals surface area contributed by atoms with Gasteiger partial charge in [0, 0.05) is 11.2 Å². The van der Waals surface area contributed by atoms with Gasteiger partial charge in [-0.2, -0.15) is 0 Å². The quantitative estimate of drug-likeness (QED) is 0.919. The van der Waals surface area contributed by atoms with Crippen LogP contribution in [0.3, 0.4) is 0 Å². The summed E-state index contributed by atoms with van der Waals surface area (Å²) in [6.07, 6.45) is 7.26. The molecule has 1 fully saturated rings. The van der Waals surface area contributed by atoms with Crippen LogP contribution in [0.5, 0.6) is 0 Å². The highest BCUT2D eigenvalue weighted by Crippen LogP contribution is 2.29. The Morgan fingerprint density at radius 1 is 1.33 bits per heavy atom. The molecule has 1 aromatic rings. The molecule has 0 aliphatic heterocycles. The normalized spacial score (nSPS) is 20.6. The van der Waals surface area contributed by atoms with Gasteiger partial charge in [0.25, 0.3) is 0 Å². The number of aryl methyl sites for hydroxylation is 1. The smallest absolute Gasteiger partial charge is 0.171 e. The summed E-state index contributed by atoms with van der Waals surface area (Å²) in [5.74, 6) is 0.649. The Hall–Kier alpha value is -0.450. The molecule has 0 bridgehead atoms. The average Bonchev–Trinajstić information content (AvgIpc) is 2.28. The van der Waals surface area contributed by atoms with Crippen molar-refractivity contribution in [3.63, 3.8) is 0 Å². The summed E-state index contributed by atoms with van der Waals surface area (Å²) < 4.78 is 21.4. The third-order valence-corrected chi connectivity index (χ3v) is 5.22. The molecule has 0 amide bonds. The van der Waals surface area contributed by atoms with Crippen molar-refractivity contribution >= 4 is 20.0 Å². The van der Waals surface area contributed by atoms with E-state index in [2.05, 4.69) is 0 Å². The lowest BCUT2D eigenvalue weighted by atomic mass is 9.84. The topological polar surface area (TPSA) is 37.3 Å². The van der Waals surface area contributed by atoms with E-state index in [4.69, 9.17) is 11.2 Å². The van der Waals surface area contributed by atoms with E-state index in [-0.39, 0.29) is 0 Å². The maximum absolute atomic E-state index is 11.7. The van der Waals surface area contributed by atoms with Crippen LogP contribution in [-0.2, 0) is 26.4 Å². The zero-order valence-electron chi connectivity index (χ0n) is 10.7. The lowest BCUT2D eigenvalue weighted by Gasteiger charge is -2.22. The summed E-state index contributed by atoms with van der Waals surface area (Å²) in [5, 5.41) is 0. The Balaban J connectivity index is 2.27. The zero-order valence-corrected chi connectivity index (χ0v) is 12.4. The predicted octanol–water partition coefficient (Wildman–Crippen LogP) is 3.70. The van der Waals surface area contributed by atoms with Gasteiger partial charge < -0.3 is 4.55 Å². The van der Waals surface area contributed by atoms with Crippen molar-refractivity contribution in [3.8, 4) is 0 Å². The van der Waals surface area contributed by atoms with Gasteiger partial charge >= 0.3 is 0 Å². The van der Waals surface area contributed by atoms with Crippen LogP contribution in [0.1, 0.15) is 43.2 Å². The van der Waals surface area contributed by atoms with Gasteiger partial charge in [-0.25, -0.2) is 4.21 Å². The first-order valence-electron chi connectivity index (χ1n) is 6.54. The molecule has 2 rings (SSSR count). The summed E-state index contributed by atoms with van der Waals surface area (Å²) in [4.78, 5) is 0.452. The molecule has 1 aliphatic carbocycles. The lowest BCUT2D eigenvalue weighted by Crippen LogP contribution is -2.12. The van der Waals surface area contributed by atoms with E-state index >= 15 is 0 Å². The molecule has 1 aromatic carbocycles.